The second-order valence-corrected chi connectivity index (χ2v) is 5.50. The van der Waals surface area contributed by atoms with Crippen LogP contribution in [0.1, 0.15) is 30.6 Å². The number of halogens is 1. The average molecular weight is 330 g/mol. The Morgan fingerprint density at radius 3 is 2.53 bits per heavy atom. The van der Waals surface area contributed by atoms with Crippen LogP contribution in [-0.2, 0) is 4.79 Å². The van der Waals surface area contributed by atoms with Gasteiger partial charge in [0.2, 0.25) is 0 Å². The largest absolute Gasteiger partial charge is 0.507 e. The molecule has 3 N–H and O–H groups in total. The van der Waals surface area contributed by atoms with E-state index in [2.05, 4.69) is 21.2 Å². The fourth-order valence-electron chi connectivity index (χ4n) is 1.58. The van der Waals surface area contributed by atoms with E-state index in [0.29, 0.717) is 4.47 Å². The normalized spacial score (nSPS) is 12.2. The van der Waals surface area contributed by atoms with Crippen molar-refractivity contribution in [2.24, 2.45) is 5.92 Å². The molecular formula is C13H16BrNO4. The van der Waals surface area contributed by atoms with Gasteiger partial charge in [0.1, 0.15) is 5.75 Å². The Labute approximate surface area is 119 Å². The molecule has 0 saturated heterocycles. The van der Waals surface area contributed by atoms with E-state index in [1.807, 2.05) is 13.8 Å². The summed E-state index contributed by atoms with van der Waals surface area (Å²) in [6.45, 7) is 3.66. The van der Waals surface area contributed by atoms with Crippen molar-refractivity contribution in [3.63, 3.8) is 0 Å². The van der Waals surface area contributed by atoms with Gasteiger partial charge in [-0.05, 0) is 24.1 Å². The zero-order valence-electron chi connectivity index (χ0n) is 10.7. The molecule has 0 spiro atoms. The van der Waals surface area contributed by atoms with Gasteiger partial charge < -0.3 is 15.5 Å². The molecule has 5 nitrogen and oxygen atoms in total. The van der Waals surface area contributed by atoms with E-state index < -0.39 is 17.9 Å². The zero-order chi connectivity index (χ0) is 14.6. The van der Waals surface area contributed by atoms with Crippen molar-refractivity contribution in [2.75, 3.05) is 0 Å². The third-order valence-corrected chi connectivity index (χ3v) is 3.21. The summed E-state index contributed by atoms with van der Waals surface area (Å²) in [5.74, 6) is -1.62. The molecule has 1 rings (SSSR count). The Morgan fingerprint density at radius 2 is 2.00 bits per heavy atom. The molecule has 0 aliphatic heterocycles. The molecule has 1 aromatic carbocycles. The number of aliphatic carboxylic acids is 1. The molecule has 1 amide bonds. The van der Waals surface area contributed by atoms with Crippen molar-refractivity contribution in [3.8, 4) is 5.75 Å². The summed E-state index contributed by atoms with van der Waals surface area (Å²) in [6, 6.07) is 4.02. The lowest BCUT2D eigenvalue weighted by Gasteiger charge is -2.20. The lowest BCUT2D eigenvalue weighted by Crippen LogP contribution is -2.40. The number of rotatable bonds is 5. The third-order valence-electron chi connectivity index (χ3n) is 2.72. The fourth-order valence-corrected chi connectivity index (χ4v) is 1.94. The predicted octanol–water partition coefficient (Wildman–Crippen LogP) is 2.38. The molecule has 6 heteroatoms. The SMILES string of the molecule is CC(C)C(CC(=O)O)NC(=O)c1cc(Br)ccc1O. The maximum Gasteiger partial charge on any atom is 0.305 e. The van der Waals surface area contributed by atoms with E-state index in [1.165, 1.54) is 12.1 Å². The number of carboxylic acids is 1. The van der Waals surface area contributed by atoms with Gasteiger partial charge in [0.05, 0.1) is 12.0 Å². The first kappa shape index (κ1) is 15.5. The van der Waals surface area contributed by atoms with Gasteiger partial charge in [0, 0.05) is 10.5 Å². The lowest BCUT2D eigenvalue weighted by molar-refractivity contribution is -0.137. The second kappa shape index (κ2) is 6.56. The Morgan fingerprint density at radius 1 is 1.37 bits per heavy atom. The number of nitrogens with one attached hydrogen (secondary N) is 1. The molecule has 0 radical (unpaired) electrons. The molecule has 0 aliphatic carbocycles. The summed E-state index contributed by atoms with van der Waals surface area (Å²) in [5.41, 5.74) is 0.116. The standard InChI is InChI=1S/C13H16BrNO4/c1-7(2)10(6-12(17)18)15-13(19)9-5-8(14)3-4-11(9)16/h3-5,7,10,16H,6H2,1-2H3,(H,15,19)(H,17,18). The molecule has 0 bridgehead atoms. The van der Waals surface area contributed by atoms with Gasteiger partial charge in [0.25, 0.3) is 5.91 Å². The highest BCUT2D eigenvalue weighted by Gasteiger charge is 2.21. The average Bonchev–Trinajstić information content (AvgIpc) is 2.30. The van der Waals surface area contributed by atoms with E-state index in [1.54, 1.807) is 6.07 Å². The molecule has 0 fully saturated rings. The number of phenols is 1. The minimum absolute atomic E-state index is 0.0191. The molecule has 0 aliphatic rings. The van der Waals surface area contributed by atoms with Crippen molar-refractivity contribution >= 4 is 27.8 Å². The van der Waals surface area contributed by atoms with Crippen molar-refractivity contribution in [2.45, 2.75) is 26.3 Å². The molecule has 1 unspecified atom stereocenters. The van der Waals surface area contributed by atoms with Crippen LogP contribution in [0.2, 0.25) is 0 Å². The van der Waals surface area contributed by atoms with Crippen molar-refractivity contribution < 1.29 is 19.8 Å². The number of carboxylic acid groups (broad SMARTS) is 1. The van der Waals surface area contributed by atoms with Crippen molar-refractivity contribution in [1.29, 1.82) is 0 Å². The Balaban J connectivity index is 2.87. The van der Waals surface area contributed by atoms with Crippen LogP contribution in [0.4, 0.5) is 0 Å². The number of carbonyl (C=O) groups is 2. The molecule has 104 valence electrons. The summed E-state index contributed by atoms with van der Waals surface area (Å²) < 4.78 is 0.662. The van der Waals surface area contributed by atoms with Gasteiger partial charge in [0.15, 0.2) is 0 Å². The van der Waals surface area contributed by atoms with Crippen LogP contribution in [0.5, 0.6) is 5.75 Å². The van der Waals surface area contributed by atoms with Crippen LogP contribution in [0.3, 0.4) is 0 Å². The Bertz CT molecular complexity index is 488. The first-order valence-electron chi connectivity index (χ1n) is 5.82. The van der Waals surface area contributed by atoms with E-state index in [-0.39, 0.29) is 23.7 Å². The summed E-state index contributed by atoms with van der Waals surface area (Å²) >= 11 is 3.21. The molecule has 1 aromatic rings. The number of phenolic OH excluding ortho intramolecular Hbond substituents is 1. The van der Waals surface area contributed by atoms with Crippen molar-refractivity contribution in [1.82, 2.24) is 5.32 Å². The summed E-state index contributed by atoms with van der Waals surface area (Å²) in [4.78, 5) is 22.8. The minimum atomic E-state index is -0.975. The third kappa shape index (κ3) is 4.55. The molecule has 0 saturated carbocycles. The molecule has 0 aromatic heterocycles. The highest BCUT2D eigenvalue weighted by atomic mass is 79.9. The van der Waals surface area contributed by atoms with Crippen LogP contribution in [0, 0.1) is 5.92 Å². The number of hydrogen-bond donors (Lipinski definition) is 3. The van der Waals surface area contributed by atoms with Crippen LogP contribution < -0.4 is 5.32 Å². The fraction of sp³-hybridized carbons (Fsp3) is 0.385. The van der Waals surface area contributed by atoms with E-state index >= 15 is 0 Å². The van der Waals surface area contributed by atoms with E-state index in [0.717, 1.165) is 0 Å². The maximum absolute atomic E-state index is 12.0. The highest BCUT2D eigenvalue weighted by molar-refractivity contribution is 9.10. The smallest absolute Gasteiger partial charge is 0.305 e. The quantitative estimate of drug-likeness (QED) is 0.774. The van der Waals surface area contributed by atoms with Crippen LogP contribution >= 0.6 is 15.9 Å². The number of amides is 1. The summed E-state index contributed by atoms with van der Waals surface area (Å²) in [7, 11) is 0. The molecule has 1 atom stereocenters. The number of benzene rings is 1. The zero-order valence-corrected chi connectivity index (χ0v) is 12.3. The number of carbonyl (C=O) groups excluding carboxylic acids is 1. The Kier molecular flexibility index (Phi) is 5.35. The van der Waals surface area contributed by atoms with Crippen LogP contribution in [-0.4, -0.2) is 28.1 Å². The van der Waals surface area contributed by atoms with Gasteiger partial charge in [-0.2, -0.15) is 0 Å². The van der Waals surface area contributed by atoms with Crippen molar-refractivity contribution in [3.05, 3.63) is 28.2 Å². The van der Waals surface area contributed by atoms with E-state index in [4.69, 9.17) is 5.11 Å². The summed E-state index contributed by atoms with van der Waals surface area (Å²) in [6.07, 6.45) is -0.155. The first-order valence-corrected chi connectivity index (χ1v) is 6.61. The van der Waals surface area contributed by atoms with Gasteiger partial charge in [-0.15, -0.1) is 0 Å². The summed E-state index contributed by atoms with van der Waals surface area (Å²) in [5, 5.41) is 21.1. The highest BCUT2D eigenvalue weighted by Crippen LogP contribution is 2.22. The second-order valence-electron chi connectivity index (χ2n) is 4.58. The topological polar surface area (TPSA) is 86.6 Å². The first-order chi connectivity index (χ1) is 8.81. The van der Waals surface area contributed by atoms with Crippen LogP contribution in [0.15, 0.2) is 22.7 Å². The van der Waals surface area contributed by atoms with Crippen LogP contribution in [0.25, 0.3) is 0 Å². The number of aromatic hydroxyl groups is 1. The van der Waals surface area contributed by atoms with Gasteiger partial charge in [-0.25, -0.2) is 0 Å². The molecular weight excluding hydrogens is 314 g/mol. The van der Waals surface area contributed by atoms with Gasteiger partial charge in [-0.3, -0.25) is 9.59 Å². The number of hydrogen-bond acceptors (Lipinski definition) is 3. The van der Waals surface area contributed by atoms with E-state index in [9.17, 15) is 14.7 Å². The van der Waals surface area contributed by atoms with Gasteiger partial charge in [-0.1, -0.05) is 29.8 Å². The minimum Gasteiger partial charge on any atom is -0.507 e. The Hall–Kier alpha value is -1.56. The monoisotopic (exact) mass is 329 g/mol. The predicted molar refractivity (Wildman–Crippen MR) is 74.2 cm³/mol. The lowest BCUT2D eigenvalue weighted by atomic mass is 10.0. The maximum atomic E-state index is 12.0. The molecule has 19 heavy (non-hydrogen) atoms. The van der Waals surface area contributed by atoms with Gasteiger partial charge >= 0.3 is 5.97 Å². The molecule has 0 heterocycles.